The second kappa shape index (κ2) is 6.19. The standard InChI is InChI=1S/C15H14N4O7/c16-11(20)4-15(6-26-7-15)17-12(21)5-18-13(22)9-2-1-8(19(24)25)3-10(9)14(18)23/h1-3H,4-7H2,(H2,16,20)(H,17,21). The Balaban J connectivity index is 1.73. The molecule has 1 aromatic rings. The molecule has 2 heterocycles. The first kappa shape index (κ1) is 17.5. The van der Waals surface area contributed by atoms with Gasteiger partial charge in [-0.3, -0.25) is 34.2 Å². The van der Waals surface area contributed by atoms with E-state index in [9.17, 15) is 29.3 Å². The van der Waals surface area contributed by atoms with E-state index in [4.69, 9.17) is 10.5 Å². The van der Waals surface area contributed by atoms with Crippen molar-refractivity contribution in [2.75, 3.05) is 19.8 Å². The Morgan fingerprint density at radius 1 is 1.27 bits per heavy atom. The highest BCUT2D eigenvalue weighted by Gasteiger charge is 2.43. The fourth-order valence-corrected chi connectivity index (χ4v) is 2.92. The number of carbonyl (C=O) groups excluding carboxylic acids is 4. The van der Waals surface area contributed by atoms with Crippen molar-refractivity contribution in [2.45, 2.75) is 12.0 Å². The van der Waals surface area contributed by atoms with Crippen molar-refractivity contribution < 1.29 is 28.8 Å². The Labute approximate surface area is 146 Å². The van der Waals surface area contributed by atoms with Crippen LogP contribution in [0.2, 0.25) is 0 Å². The summed E-state index contributed by atoms with van der Waals surface area (Å²) in [6.45, 7) is -0.396. The van der Waals surface area contributed by atoms with Crippen molar-refractivity contribution in [3.8, 4) is 0 Å². The van der Waals surface area contributed by atoms with Gasteiger partial charge in [-0.05, 0) is 6.07 Å². The lowest BCUT2D eigenvalue weighted by atomic mass is 9.92. The number of benzene rings is 1. The van der Waals surface area contributed by atoms with E-state index in [1.54, 1.807) is 0 Å². The molecule has 136 valence electrons. The van der Waals surface area contributed by atoms with Gasteiger partial charge in [0, 0.05) is 12.1 Å². The summed E-state index contributed by atoms with van der Waals surface area (Å²) in [5.74, 6) is -2.80. The molecule has 3 rings (SSSR count). The molecule has 0 bridgehead atoms. The van der Waals surface area contributed by atoms with Gasteiger partial charge < -0.3 is 15.8 Å². The summed E-state index contributed by atoms with van der Waals surface area (Å²) in [4.78, 5) is 58.8. The van der Waals surface area contributed by atoms with Gasteiger partial charge in [0.2, 0.25) is 11.8 Å². The maximum atomic E-state index is 12.3. The number of primary amides is 1. The van der Waals surface area contributed by atoms with E-state index in [-0.39, 0.29) is 36.4 Å². The quantitative estimate of drug-likeness (QED) is 0.370. The number of fused-ring (bicyclic) bond motifs is 1. The van der Waals surface area contributed by atoms with Gasteiger partial charge in [0.25, 0.3) is 17.5 Å². The second-order valence-corrected chi connectivity index (χ2v) is 6.15. The number of non-ortho nitro benzene ring substituents is 1. The van der Waals surface area contributed by atoms with Gasteiger partial charge in [-0.15, -0.1) is 0 Å². The van der Waals surface area contributed by atoms with E-state index in [0.717, 1.165) is 12.1 Å². The summed E-state index contributed by atoms with van der Waals surface area (Å²) in [6, 6.07) is 3.29. The number of nitro groups is 1. The Bertz CT molecular complexity index is 846. The Morgan fingerprint density at radius 3 is 2.46 bits per heavy atom. The molecule has 2 aliphatic heterocycles. The second-order valence-electron chi connectivity index (χ2n) is 6.15. The van der Waals surface area contributed by atoms with E-state index >= 15 is 0 Å². The van der Waals surface area contributed by atoms with Crippen molar-refractivity contribution >= 4 is 29.3 Å². The number of nitrogens with zero attached hydrogens (tertiary/aromatic N) is 2. The summed E-state index contributed by atoms with van der Waals surface area (Å²) in [5.41, 5.74) is 3.74. The number of imide groups is 1. The van der Waals surface area contributed by atoms with Gasteiger partial charge >= 0.3 is 0 Å². The zero-order chi connectivity index (χ0) is 19.1. The van der Waals surface area contributed by atoms with Crippen LogP contribution in [-0.2, 0) is 14.3 Å². The highest BCUT2D eigenvalue weighted by atomic mass is 16.6. The number of hydrogen-bond donors (Lipinski definition) is 2. The van der Waals surface area contributed by atoms with Crippen LogP contribution in [0.4, 0.5) is 5.69 Å². The molecule has 0 aromatic heterocycles. The molecule has 1 saturated heterocycles. The van der Waals surface area contributed by atoms with Crippen LogP contribution in [0.5, 0.6) is 0 Å². The van der Waals surface area contributed by atoms with Crippen LogP contribution in [0.25, 0.3) is 0 Å². The molecule has 0 radical (unpaired) electrons. The zero-order valence-electron chi connectivity index (χ0n) is 13.4. The Hall–Kier alpha value is -3.34. The average molecular weight is 362 g/mol. The molecule has 0 atom stereocenters. The number of nitrogens with two attached hydrogens (primary N) is 1. The van der Waals surface area contributed by atoms with Crippen molar-refractivity contribution in [1.82, 2.24) is 10.2 Å². The van der Waals surface area contributed by atoms with Gasteiger partial charge in [-0.1, -0.05) is 0 Å². The molecule has 2 aliphatic rings. The van der Waals surface area contributed by atoms with Crippen molar-refractivity contribution in [2.24, 2.45) is 5.73 Å². The SMILES string of the molecule is NC(=O)CC1(NC(=O)CN2C(=O)c3ccc([N+](=O)[O-])cc3C2=O)COC1. The van der Waals surface area contributed by atoms with Crippen LogP contribution in [0.3, 0.4) is 0 Å². The molecular formula is C15H14N4O7. The number of rotatable bonds is 6. The van der Waals surface area contributed by atoms with Gasteiger partial charge in [-0.25, -0.2) is 0 Å². The van der Waals surface area contributed by atoms with Crippen LogP contribution >= 0.6 is 0 Å². The Kier molecular flexibility index (Phi) is 4.16. The minimum atomic E-state index is -0.944. The maximum absolute atomic E-state index is 12.3. The smallest absolute Gasteiger partial charge is 0.270 e. The molecule has 0 spiro atoms. The topological polar surface area (TPSA) is 162 Å². The van der Waals surface area contributed by atoms with Gasteiger partial charge in [0.1, 0.15) is 6.54 Å². The van der Waals surface area contributed by atoms with Gasteiger partial charge in [0.05, 0.1) is 41.2 Å². The zero-order valence-corrected chi connectivity index (χ0v) is 13.4. The molecule has 3 N–H and O–H groups in total. The summed E-state index contributed by atoms with van der Waals surface area (Å²) >= 11 is 0. The van der Waals surface area contributed by atoms with Crippen molar-refractivity contribution in [3.05, 3.63) is 39.4 Å². The van der Waals surface area contributed by atoms with Crippen LogP contribution in [0, 0.1) is 10.1 Å². The third-order valence-corrected chi connectivity index (χ3v) is 4.14. The highest BCUT2D eigenvalue weighted by molar-refractivity contribution is 6.22. The fraction of sp³-hybridized carbons (Fsp3) is 0.333. The lowest BCUT2D eigenvalue weighted by Gasteiger charge is -2.41. The maximum Gasteiger partial charge on any atom is 0.270 e. The third kappa shape index (κ3) is 2.99. The van der Waals surface area contributed by atoms with Crippen LogP contribution < -0.4 is 11.1 Å². The monoisotopic (exact) mass is 362 g/mol. The Morgan fingerprint density at radius 2 is 1.92 bits per heavy atom. The number of nitro benzene ring substituents is 1. The van der Waals surface area contributed by atoms with Gasteiger partial charge in [0.15, 0.2) is 0 Å². The van der Waals surface area contributed by atoms with Crippen molar-refractivity contribution in [3.63, 3.8) is 0 Å². The summed E-state index contributed by atoms with van der Waals surface area (Å²) < 4.78 is 5.00. The van der Waals surface area contributed by atoms with Crippen LogP contribution in [0.1, 0.15) is 27.1 Å². The molecule has 11 heteroatoms. The summed E-state index contributed by atoms with van der Waals surface area (Å²) in [5, 5.41) is 13.4. The van der Waals surface area contributed by atoms with E-state index < -0.39 is 40.6 Å². The summed E-state index contributed by atoms with van der Waals surface area (Å²) in [7, 11) is 0. The first-order valence-corrected chi connectivity index (χ1v) is 7.54. The number of ether oxygens (including phenoxy) is 1. The van der Waals surface area contributed by atoms with E-state index in [1.807, 2.05) is 0 Å². The lowest BCUT2D eigenvalue weighted by molar-refractivity contribution is -0.384. The number of carbonyl (C=O) groups is 4. The third-order valence-electron chi connectivity index (χ3n) is 4.14. The lowest BCUT2D eigenvalue weighted by Crippen LogP contribution is -2.64. The van der Waals surface area contributed by atoms with Gasteiger partial charge in [-0.2, -0.15) is 0 Å². The normalized spacial score (nSPS) is 17.5. The fourth-order valence-electron chi connectivity index (χ4n) is 2.92. The molecule has 0 unspecified atom stereocenters. The number of amides is 4. The average Bonchev–Trinajstić information content (AvgIpc) is 2.77. The number of nitrogens with one attached hydrogen (secondary N) is 1. The summed E-state index contributed by atoms with van der Waals surface area (Å²) in [6.07, 6.45) is -0.132. The molecule has 4 amide bonds. The van der Waals surface area contributed by atoms with E-state index in [2.05, 4.69) is 5.32 Å². The van der Waals surface area contributed by atoms with E-state index in [0.29, 0.717) is 4.90 Å². The minimum Gasteiger partial charge on any atom is -0.376 e. The molecular weight excluding hydrogens is 348 g/mol. The molecule has 1 fully saturated rings. The molecule has 0 saturated carbocycles. The predicted molar refractivity (Wildman–Crippen MR) is 84.0 cm³/mol. The van der Waals surface area contributed by atoms with Crippen molar-refractivity contribution in [1.29, 1.82) is 0 Å². The largest absolute Gasteiger partial charge is 0.376 e. The first-order chi connectivity index (χ1) is 12.2. The molecule has 1 aromatic carbocycles. The van der Waals surface area contributed by atoms with Crippen LogP contribution in [-0.4, -0.2) is 58.7 Å². The minimum absolute atomic E-state index is 0.00720. The number of hydrogen-bond acceptors (Lipinski definition) is 7. The predicted octanol–water partition coefficient (Wildman–Crippen LogP) is -1.05. The highest BCUT2D eigenvalue weighted by Crippen LogP contribution is 2.27. The van der Waals surface area contributed by atoms with E-state index in [1.165, 1.54) is 6.07 Å². The molecule has 0 aliphatic carbocycles. The molecule has 26 heavy (non-hydrogen) atoms. The first-order valence-electron chi connectivity index (χ1n) is 7.54. The van der Waals surface area contributed by atoms with Crippen LogP contribution in [0.15, 0.2) is 18.2 Å². The molecule has 11 nitrogen and oxygen atoms in total.